The number of aryl methyl sites for hydroxylation is 2. The number of methoxy groups -OCH3 is 2. The molecule has 0 radical (unpaired) electrons. The van der Waals surface area contributed by atoms with E-state index in [-0.39, 0.29) is 11.6 Å². The fourth-order valence-corrected chi connectivity index (χ4v) is 4.44. The molecule has 0 fully saturated rings. The fraction of sp³-hybridized carbons (Fsp3) is 0.167. The Morgan fingerprint density at radius 1 is 0.871 bits per heavy atom. The van der Waals surface area contributed by atoms with Crippen molar-refractivity contribution in [1.82, 2.24) is 0 Å². The lowest BCUT2D eigenvalue weighted by atomic mass is 10.1. The van der Waals surface area contributed by atoms with E-state index < -0.39 is 5.91 Å². The van der Waals surface area contributed by atoms with E-state index in [1.165, 1.54) is 16.2 Å². The van der Waals surface area contributed by atoms with Crippen molar-refractivity contribution in [2.45, 2.75) is 13.8 Å². The van der Waals surface area contributed by atoms with Crippen LogP contribution < -0.4 is 19.7 Å². The number of carbonyl (C=O) groups excluding carboxylic acids is 2. The van der Waals surface area contributed by atoms with Gasteiger partial charge in [-0.05, 0) is 60.7 Å². The zero-order valence-electron chi connectivity index (χ0n) is 17.7. The second-order valence-corrected chi connectivity index (χ2v) is 8.16. The Morgan fingerprint density at radius 2 is 1.58 bits per heavy atom. The molecule has 0 aliphatic carbocycles. The number of anilines is 2. The van der Waals surface area contributed by atoms with Crippen LogP contribution >= 0.6 is 11.3 Å². The van der Waals surface area contributed by atoms with Crippen molar-refractivity contribution in [1.29, 1.82) is 0 Å². The molecule has 158 valence electrons. The lowest BCUT2D eigenvalue weighted by Gasteiger charge is -2.17. The Labute approximate surface area is 184 Å². The summed E-state index contributed by atoms with van der Waals surface area (Å²) in [6, 6.07) is 14.6. The highest BCUT2D eigenvalue weighted by Gasteiger charge is 2.40. The molecule has 0 bridgehead atoms. The number of benzene rings is 2. The maximum Gasteiger partial charge on any atom is 0.282 e. The van der Waals surface area contributed by atoms with Gasteiger partial charge < -0.3 is 14.8 Å². The molecule has 0 atom stereocenters. The van der Waals surface area contributed by atoms with Gasteiger partial charge >= 0.3 is 0 Å². The van der Waals surface area contributed by atoms with E-state index in [1.807, 2.05) is 49.6 Å². The molecule has 1 aliphatic heterocycles. The molecule has 2 aromatic carbocycles. The van der Waals surface area contributed by atoms with E-state index in [0.29, 0.717) is 28.4 Å². The predicted octanol–water partition coefficient (Wildman–Crippen LogP) is 4.78. The predicted molar refractivity (Wildman–Crippen MR) is 123 cm³/mol. The number of rotatable bonds is 6. The van der Waals surface area contributed by atoms with Crippen molar-refractivity contribution >= 4 is 40.1 Å². The van der Waals surface area contributed by atoms with Crippen LogP contribution in [0.2, 0.25) is 0 Å². The van der Waals surface area contributed by atoms with E-state index in [2.05, 4.69) is 5.32 Å². The maximum absolute atomic E-state index is 13.5. The van der Waals surface area contributed by atoms with Gasteiger partial charge in [-0.3, -0.25) is 9.59 Å². The third-order valence-electron chi connectivity index (χ3n) is 4.97. The third-order valence-corrected chi connectivity index (χ3v) is 5.86. The zero-order chi connectivity index (χ0) is 22.1. The molecule has 2 amide bonds. The number of nitrogens with one attached hydrogen (secondary N) is 1. The molecule has 4 rings (SSSR count). The minimum atomic E-state index is -0.395. The minimum Gasteiger partial charge on any atom is -0.493 e. The number of ether oxygens (including phenoxy) is 2. The standard InChI is InChI=1S/C24H22N2O4S/c1-14-10-15(2)12-17(11-14)26-23(27)21(20-6-5-9-31-20)22(24(26)28)25-16-7-8-18(29-3)19(13-16)30-4/h5-13,25H,1-4H3. The van der Waals surface area contributed by atoms with Crippen molar-refractivity contribution in [3.05, 3.63) is 75.6 Å². The van der Waals surface area contributed by atoms with Gasteiger partial charge in [0.2, 0.25) is 0 Å². The van der Waals surface area contributed by atoms with Gasteiger partial charge in [0.15, 0.2) is 11.5 Å². The molecule has 0 saturated heterocycles. The maximum atomic E-state index is 13.5. The normalized spacial score (nSPS) is 13.7. The first-order valence-corrected chi connectivity index (χ1v) is 10.5. The summed E-state index contributed by atoms with van der Waals surface area (Å²) in [6.45, 7) is 3.88. The molecule has 0 unspecified atom stereocenters. The van der Waals surface area contributed by atoms with Crippen molar-refractivity contribution in [2.75, 3.05) is 24.4 Å². The average molecular weight is 435 g/mol. The van der Waals surface area contributed by atoms with Gasteiger partial charge in [-0.1, -0.05) is 12.1 Å². The molecule has 0 spiro atoms. The number of amides is 2. The largest absolute Gasteiger partial charge is 0.493 e. The van der Waals surface area contributed by atoms with Crippen LogP contribution in [0.1, 0.15) is 16.0 Å². The summed E-state index contributed by atoms with van der Waals surface area (Å²) < 4.78 is 10.6. The molecule has 3 aromatic rings. The second kappa shape index (κ2) is 8.28. The van der Waals surface area contributed by atoms with Gasteiger partial charge in [-0.25, -0.2) is 4.90 Å². The summed E-state index contributed by atoms with van der Waals surface area (Å²) >= 11 is 1.42. The van der Waals surface area contributed by atoms with Crippen LogP contribution in [0.4, 0.5) is 11.4 Å². The molecule has 1 N–H and O–H groups in total. The van der Waals surface area contributed by atoms with Gasteiger partial charge in [0.25, 0.3) is 11.8 Å². The van der Waals surface area contributed by atoms with Crippen LogP contribution in [0.3, 0.4) is 0 Å². The average Bonchev–Trinajstić information content (AvgIpc) is 3.34. The lowest BCUT2D eigenvalue weighted by molar-refractivity contribution is -0.120. The Morgan fingerprint density at radius 3 is 2.19 bits per heavy atom. The smallest absolute Gasteiger partial charge is 0.282 e. The zero-order valence-corrected chi connectivity index (χ0v) is 18.5. The molecule has 6 nitrogen and oxygen atoms in total. The van der Waals surface area contributed by atoms with Crippen molar-refractivity contribution < 1.29 is 19.1 Å². The van der Waals surface area contributed by atoms with Gasteiger partial charge in [0.05, 0.1) is 25.5 Å². The molecule has 1 aromatic heterocycles. The summed E-state index contributed by atoms with van der Waals surface area (Å²) in [5.41, 5.74) is 3.73. The number of hydrogen-bond acceptors (Lipinski definition) is 6. The number of hydrogen-bond donors (Lipinski definition) is 1. The van der Waals surface area contributed by atoms with E-state index in [4.69, 9.17) is 9.47 Å². The van der Waals surface area contributed by atoms with Gasteiger partial charge in [0, 0.05) is 16.6 Å². The van der Waals surface area contributed by atoms with Gasteiger partial charge in [-0.2, -0.15) is 0 Å². The highest BCUT2D eigenvalue weighted by molar-refractivity contribution is 7.11. The quantitative estimate of drug-likeness (QED) is 0.566. The Balaban J connectivity index is 1.79. The van der Waals surface area contributed by atoms with Crippen molar-refractivity contribution in [3.8, 4) is 11.5 Å². The van der Waals surface area contributed by atoms with E-state index in [9.17, 15) is 9.59 Å². The van der Waals surface area contributed by atoms with E-state index in [0.717, 1.165) is 16.0 Å². The van der Waals surface area contributed by atoms with Crippen LogP contribution in [0.15, 0.2) is 59.6 Å². The molecule has 0 saturated carbocycles. The first kappa shape index (κ1) is 20.7. The van der Waals surface area contributed by atoms with Crippen LogP contribution in [-0.4, -0.2) is 26.0 Å². The first-order chi connectivity index (χ1) is 14.9. The number of carbonyl (C=O) groups is 2. The third kappa shape index (κ3) is 3.80. The molecule has 7 heteroatoms. The summed E-state index contributed by atoms with van der Waals surface area (Å²) in [5.74, 6) is 0.355. The van der Waals surface area contributed by atoms with Gasteiger partial charge in [-0.15, -0.1) is 11.3 Å². The first-order valence-electron chi connectivity index (χ1n) is 9.67. The van der Waals surface area contributed by atoms with Crippen LogP contribution in [0.5, 0.6) is 11.5 Å². The van der Waals surface area contributed by atoms with Crippen molar-refractivity contribution in [3.63, 3.8) is 0 Å². The SMILES string of the molecule is COc1ccc(NC2=C(c3cccs3)C(=O)N(c3cc(C)cc(C)c3)C2=O)cc1OC. The van der Waals surface area contributed by atoms with Crippen LogP contribution in [0.25, 0.3) is 5.57 Å². The second-order valence-electron chi connectivity index (χ2n) is 7.21. The molecule has 1 aliphatic rings. The number of nitrogens with zero attached hydrogens (tertiary/aromatic N) is 1. The topological polar surface area (TPSA) is 67.9 Å². The summed E-state index contributed by atoms with van der Waals surface area (Å²) in [4.78, 5) is 28.9. The number of thiophene rings is 1. The van der Waals surface area contributed by atoms with Crippen molar-refractivity contribution in [2.24, 2.45) is 0 Å². The highest BCUT2D eigenvalue weighted by Crippen LogP contribution is 2.37. The monoisotopic (exact) mass is 434 g/mol. The highest BCUT2D eigenvalue weighted by atomic mass is 32.1. The Bertz CT molecular complexity index is 1180. The molecular weight excluding hydrogens is 412 g/mol. The Kier molecular flexibility index (Phi) is 5.52. The van der Waals surface area contributed by atoms with Crippen LogP contribution in [-0.2, 0) is 9.59 Å². The molecule has 31 heavy (non-hydrogen) atoms. The van der Waals surface area contributed by atoms with Gasteiger partial charge in [0.1, 0.15) is 5.70 Å². The van der Waals surface area contributed by atoms with Crippen LogP contribution in [0, 0.1) is 13.8 Å². The van der Waals surface area contributed by atoms with E-state index in [1.54, 1.807) is 32.4 Å². The summed E-state index contributed by atoms with van der Waals surface area (Å²) in [5, 5.41) is 5.04. The molecular formula is C24H22N2O4S. The molecule has 2 heterocycles. The lowest BCUT2D eigenvalue weighted by Crippen LogP contribution is -2.32. The fourth-order valence-electron chi connectivity index (χ4n) is 3.67. The summed E-state index contributed by atoms with van der Waals surface area (Å²) in [7, 11) is 3.10. The van der Waals surface area contributed by atoms with E-state index >= 15 is 0 Å². The minimum absolute atomic E-state index is 0.235. The summed E-state index contributed by atoms with van der Waals surface area (Å²) in [6.07, 6.45) is 0. The Hall–Kier alpha value is -3.58. The number of imide groups is 1.